The highest BCUT2D eigenvalue weighted by atomic mass is 16.5. The van der Waals surface area contributed by atoms with Gasteiger partial charge in [0, 0.05) is 5.69 Å². The fraction of sp³-hybridized carbons (Fsp3) is 0.278. The van der Waals surface area contributed by atoms with Crippen molar-refractivity contribution in [3.8, 4) is 11.8 Å². The number of anilines is 1. The molecule has 0 heterocycles. The minimum Gasteiger partial charge on any atom is -0.497 e. The summed E-state index contributed by atoms with van der Waals surface area (Å²) in [5.74, 6) is 0.849. The molecule has 3 nitrogen and oxygen atoms in total. The molecule has 3 rings (SSSR count). The minimum absolute atomic E-state index is 0.652. The summed E-state index contributed by atoms with van der Waals surface area (Å²) in [6.45, 7) is 0. The van der Waals surface area contributed by atoms with Gasteiger partial charge in [-0.1, -0.05) is 24.3 Å². The van der Waals surface area contributed by atoms with Crippen LogP contribution in [-0.4, -0.2) is 7.11 Å². The van der Waals surface area contributed by atoms with E-state index in [4.69, 9.17) is 4.74 Å². The van der Waals surface area contributed by atoms with Gasteiger partial charge < -0.3 is 10.1 Å². The van der Waals surface area contributed by atoms with E-state index in [1.165, 1.54) is 5.56 Å². The Bertz CT molecular complexity index is 675. The molecule has 1 unspecified atom stereocenters. The van der Waals surface area contributed by atoms with Crippen LogP contribution in [0.3, 0.4) is 0 Å². The molecule has 0 bridgehead atoms. The molecule has 2 aromatic carbocycles. The van der Waals surface area contributed by atoms with Crippen molar-refractivity contribution in [2.24, 2.45) is 0 Å². The second-order valence-corrected chi connectivity index (χ2v) is 5.38. The standard InChI is InChI=1S/C18H18N2O/c1-21-16-9-10-17-14(12-16)6-5-11-18(17,13-19)20-15-7-3-2-4-8-15/h2-4,7-10,12,20H,5-6,11H2,1H3. The van der Waals surface area contributed by atoms with Gasteiger partial charge in [0.25, 0.3) is 0 Å². The third-order valence-electron chi connectivity index (χ3n) is 4.09. The van der Waals surface area contributed by atoms with E-state index in [1.807, 2.05) is 48.5 Å². The summed E-state index contributed by atoms with van der Waals surface area (Å²) in [5.41, 5.74) is 2.59. The minimum atomic E-state index is -0.652. The maximum Gasteiger partial charge on any atom is 0.151 e. The lowest BCUT2D eigenvalue weighted by Crippen LogP contribution is -2.37. The summed E-state index contributed by atoms with van der Waals surface area (Å²) in [7, 11) is 1.67. The SMILES string of the molecule is COc1ccc2c(c1)CCCC2(C#N)Nc1ccccc1. The Morgan fingerprint density at radius 3 is 2.71 bits per heavy atom. The molecule has 1 aliphatic carbocycles. The van der Waals surface area contributed by atoms with Gasteiger partial charge in [0.1, 0.15) is 5.75 Å². The third-order valence-corrected chi connectivity index (χ3v) is 4.09. The van der Waals surface area contributed by atoms with Crippen LogP contribution in [0.15, 0.2) is 48.5 Å². The Labute approximate surface area is 125 Å². The Balaban J connectivity index is 2.03. The number of nitrogens with one attached hydrogen (secondary N) is 1. The number of ether oxygens (including phenoxy) is 1. The Hall–Kier alpha value is -2.47. The zero-order chi connectivity index (χ0) is 14.7. The van der Waals surface area contributed by atoms with Crippen molar-refractivity contribution in [3.63, 3.8) is 0 Å². The van der Waals surface area contributed by atoms with Gasteiger partial charge >= 0.3 is 0 Å². The average molecular weight is 278 g/mol. The average Bonchev–Trinajstić information content (AvgIpc) is 2.55. The van der Waals surface area contributed by atoms with Crippen LogP contribution in [0.2, 0.25) is 0 Å². The van der Waals surface area contributed by atoms with Crippen molar-refractivity contribution in [1.82, 2.24) is 0 Å². The van der Waals surface area contributed by atoms with Crippen molar-refractivity contribution in [1.29, 1.82) is 5.26 Å². The number of fused-ring (bicyclic) bond motifs is 1. The summed E-state index contributed by atoms with van der Waals surface area (Å²) < 4.78 is 5.30. The van der Waals surface area contributed by atoms with Crippen LogP contribution in [-0.2, 0) is 12.0 Å². The number of rotatable bonds is 3. The molecule has 1 aliphatic rings. The van der Waals surface area contributed by atoms with E-state index in [-0.39, 0.29) is 0 Å². The topological polar surface area (TPSA) is 45.0 Å². The molecule has 0 amide bonds. The molecule has 0 spiro atoms. The van der Waals surface area contributed by atoms with E-state index in [9.17, 15) is 5.26 Å². The van der Waals surface area contributed by atoms with E-state index in [0.717, 1.165) is 36.3 Å². The fourth-order valence-electron chi connectivity index (χ4n) is 3.04. The number of hydrogen-bond donors (Lipinski definition) is 1. The van der Waals surface area contributed by atoms with Crippen molar-refractivity contribution in [2.45, 2.75) is 24.8 Å². The predicted molar refractivity (Wildman–Crippen MR) is 83.3 cm³/mol. The molecule has 2 aromatic rings. The van der Waals surface area contributed by atoms with E-state index in [2.05, 4.69) is 11.4 Å². The van der Waals surface area contributed by atoms with Crippen molar-refractivity contribution >= 4 is 5.69 Å². The number of aryl methyl sites for hydroxylation is 1. The van der Waals surface area contributed by atoms with Crippen LogP contribution in [0, 0.1) is 11.3 Å². The van der Waals surface area contributed by atoms with E-state index in [0.29, 0.717) is 0 Å². The van der Waals surface area contributed by atoms with Crippen LogP contribution < -0.4 is 10.1 Å². The molecule has 0 saturated heterocycles. The van der Waals surface area contributed by atoms with Crippen LogP contribution >= 0.6 is 0 Å². The number of nitrogens with zero attached hydrogens (tertiary/aromatic N) is 1. The van der Waals surface area contributed by atoms with E-state index >= 15 is 0 Å². The van der Waals surface area contributed by atoms with Gasteiger partial charge in [-0.15, -0.1) is 0 Å². The second-order valence-electron chi connectivity index (χ2n) is 5.38. The number of methoxy groups -OCH3 is 1. The summed E-state index contributed by atoms with van der Waals surface area (Å²) in [5, 5.41) is 13.3. The molecular formula is C18H18N2O. The van der Waals surface area contributed by atoms with Crippen LogP contribution in [0.1, 0.15) is 24.0 Å². The molecule has 106 valence electrons. The smallest absolute Gasteiger partial charge is 0.151 e. The fourth-order valence-corrected chi connectivity index (χ4v) is 3.04. The summed E-state index contributed by atoms with van der Waals surface area (Å²) in [6, 6.07) is 18.4. The van der Waals surface area contributed by atoms with Gasteiger partial charge in [0.2, 0.25) is 0 Å². The monoisotopic (exact) mass is 278 g/mol. The first-order valence-electron chi connectivity index (χ1n) is 7.19. The lowest BCUT2D eigenvalue weighted by Gasteiger charge is -2.35. The highest BCUT2D eigenvalue weighted by molar-refractivity contribution is 5.54. The molecule has 21 heavy (non-hydrogen) atoms. The highest BCUT2D eigenvalue weighted by Crippen LogP contribution is 2.39. The zero-order valence-corrected chi connectivity index (χ0v) is 12.1. The molecule has 0 fully saturated rings. The van der Waals surface area contributed by atoms with E-state index in [1.54, 1.807) is 7.11 Å². The van der Waals surface area contributed by atoms with Crippen LogP contribution in [0.5, 0.6) is 5.75 Å². The summed E-state index contributed by atoms with van der Waals surface area (Å²) in [6.07, 6.45) is 2.80. The largest absolute Gasteiger partial charge is 0.497 e. The number of benzene rings is 2. The Morgan fingerprint density at radius 1 is 1.19 bits per heavy atom. The number of para-hydroxylation sites is 1. The van der Waals surface area contributed by atoms with Gasteiger partial charge in [-0.3, -0.25) is 0 Å². The molecule has 3 heteroatoms. The molecule has 0 aliphatic heterocycles. The zero-order valence-electron chi connectivity index (χ0n) is 12.1. The van der Waals surface area contributed by atoms with Gasteiger partial charge in [0.05, 0.1) is 13.2 Å². The summed E-state index contributed by atoms with van der Waals surface area (Å²) >= 11 is 0. The van der Waals surface area contributed by atoms with Crippen molar-refractivity contribution in [3.05, 3.63) is 59.7 Å². The maximum absolute atomic E-state index is 9.83. The third kappa shape index (κ3) is 2.45. The Kier molecular flexibility index (Phi) is 3.53. The number of hydrogen-bond acceptors (Lipinski definition) is 3. The van der Waals surface area contributed by atoms with Crippen LogP contribution in [0.4, 0.5) is 5.69 Å². The lowest BCUT2D eigenvalue weighted by molar-refractivity contribution is 0.412. The lowest BCUT2D eigenvalue weighted by atomic mass is 9.77. The van der Waals surface area contributed by atoms with Gasteiger partial charge in [-0.05, 0) is 54.7 Å². The molecule has 0 radical (unpaired) electrons. The van der Waals surface area contributed by atoms with Gasteiger partial charge in [-0.25, -0.2) is 0 Å². The molecule has 1 N–H and O–H groups in total. The van der Waals surface area contributed by atoms with Crippen LogP contribution in [0.25, 0.3) is 0 Å². The van der Waals surface area contributed by atoms with Gasteiger partial charge in [-0.2, -0.15) is 5.26 Å². The van der Waals surface area contributed by atoms with Crippen molar-refractivity contribution in [2.75, 3.05) is 12.4 Å². The number of nitriles is 1. The predicted octanol–water partition coefficient (Wildman–Crippen LogP) is 3.86. The molecule has 0 aromatic heterocycles. The first kappa shape index (κ1) is 13.5. The highest BCUT2D eigenvalue weighted by Gasteiger charge is 2.37. The first-order chi connectivity index (χ1) is 10.3. The quantitative estimate of drug-likeness (QED) is 0.927. The van der Waals surface area contributed by atoms with Crippen molar-refractivity contribution < 1.29 is 4.74 Å². The first-order valence-corrected chi connectivity index (χ1v) is 7.19. The molecule has 0 saturated carbocycles. The summed E-state index contributed by atoms with van der Waals surface area (Å²) in [4.78, 5) is 0. The van der Waals surface area contributed by atoms with E-state index < -0.39 is 5.54 Å². The normalized spacial score (nSPS) is 20.2. The Morgan fingerprint density at radius 2 is 2.00 bits per heavy atom. The molecule has 1 atom stereocenters. The maximum atomic E-state index is 9.83. The van der Waals surface area contributed by atoms with Gasteiger partial charge in [0.15, 0.2) is 5.54 Å². The molecular weight excluding hydrogens is 260 g/mol. The second kappa shape index (κ2) is 5.49.